The van der Waals surface area contributed by atoms with Gasteiger partial charge in [0.25, 0.3) is 11.8 Å². The molecule has 10 rings (SSSR count). The summed E-state index contributed by atoms with van der Waals surface area (Å²) in [4.78, 5) is 82.0. The van der Waals surface area contributed by atoms with E-state index >= 15 is 0 Å². The molecule has 2 atom stereocenters. The minimum atomic E-state index is -1.17. The predicted octanol–water partition coefficient (Wildman–Crippen LogP) is 9.76. The number of nitrogens with zero attached hydrogens (tertiary/aromatic N) is 3. The lowest BCUT2D eigenvalue weighted by molar-refractivity contribution is -0.154. The van der Waals surface area contributed by atoms with Gasteiger partial charge in [-0.1, -0.05) is 217 Å². The number of nitrogens with two attached hydrogens (primary N) is 1. The molecule has 8 aromatic rings. The van der Waals surface area contributed by atoms with Crippen LogP contribution in [-0.4, -0.2) is 74.8 Å². The van der Waals surface area contributed by atoms with Crippen molar-refractivity contribution in [2.45, 2.75) is 29.2 Å². The van der Waals surface area contributed by atoms with E-state index in [0.717, 1.165) is 39.6 Å². The second kappa shape index (κ2) is 24.5. The summed E-state index contributed by atoms with van der Waals surface area (Å²) < 4.78 is 12.3. The maximum Gasteiger partial charge on any atom is 0.356 e. The number of primary amides is 1. The van der Waals surface area contributed by atoms with E-state index in [1.807, 2.05) is 212 Å². The summed E-state index contributed by atoms with van der Waals surface area (Å²) in [7, 11) is 0. The predicted molar refractivity (Wildman–Crippen MR) is 303 cm³/mol. The number of carbonyl (C=O) groups is 5. The first kappa shape index (κ1) is 52.7. The molecule has 0 unspecified atom stereocenters. The first-order chi connectivity index (χ1) is 38.2. The molecule has 7 aromatic carbocycles. The Kier molecular flexibility index (Phi) is 16.5. The summed E-state index contributed by atoms with van der Waals surface area (Å²) in [6, 6.07) is 65.6. The molecule has 17 heteroatoms. The van der Waals surface area contributed by atoms with Crippen LogP contribution in [0.25, 0.3) is 0 Å². The Morgan fingerprint density at radius 3 is 1.58 bits per heavy atom. The van der Waals surface area contributed by atoms with E-state index in [1.54, 1.807) is 5.38 Å². The van der Waals surface area contributed by atoms with Gasteiger partial charge in [0.05, 0.1) is 5.75 Å². The van der Waals surface area contributed by atoms with E-state index in [-0.39, 0.29) is 28.6 Å². The minimum Gasteiger partial charge on any atom is -0.450 e. The number of hydrogen-bond donors (Lipinski definition) is 3. The third-order valence-corrected chi connectivity index (χ3v) is 16.2. The highest BCUT2D eigenvalue weighted by molar-refractivity contribution is 8.06. The number of β-lactam (4-membered cyclic amide) rings is 1. The van der Waals surface area contributed by atoms with Crippen molar-refractivity contribution < 1.29 is 38.3 Å². The zero-order valence-electron chi connectivity index (χ0n) is 41.6. The van der Waals surface area contributed by atoms with Crippen LogP contribution in [0.3, 0.4) is 0 Å². The van der Waals surface area contributed by atoms with Crippen molar-refractivity contribution in [3.8, 4) is 0 Å². The van der Waals surface area contributed by atoms with E-state index in [4.69, 9.17) is 25.0 Å². The molecule has 4 N–H and O–H groups in total. The van der Waals surface area contributed by atoms with Crippen LogP contribution >= 0.6 is 34.9 Å². The van der Waals surface area contributed by atoms with Crippen molar-refractivity contribution in [2.24, 2.45) is 10.9 Å². The average molecular weight is 1090 g/mol. The lowest BCUT2D eigenvalue weighted by atomic mass is 9.77. The van der Waals surface area contributed by atoms with Gasteiger partial charge in [-0.15, -0.1) is 34.9 Å². The molecule has 78 heavy (non-hydrogen) atoms. The number of oxime groups is 1. The molecular formula is C61H50N6O8S3. The highest BCUT2D eigenvalue weighted by Crippen LogP contribution is 2.45. The number of benzene rings is 7. The lowest BCUT2D eigenvalue weighted by Crippen LogP contribution is -2.71. The molecule has 3 amide bonds. The van der Waals surface area contributed by atoms with E-state index in [1.165, 1.54) is 28.0 Å². The first-order valence-corrected chi connectivity index (χ1v) is 27.7. The Morgan fingerprint density at radius 2 is 1.12 bits per heavy atom. The van der Waals surface area contributed by atoms with Gasteiger partial charge in [-0.25, -0.2) is 14.6 Å². The molecule has 3 heterocycles. The molecule has 0 spiro atoms. The number of hydrogen-bond acceptors (Lipinski definition) is 14. The fraction of sp³-hybridized carbons (Fsp3) is 0.131. The number of esters is 2. The Bertz CT molecular complexity index is 3270. The number of aromatic nitrogens is 1. The largest absolute Gasteiger partial charge is 0.450 e. The monoisotopic (exact) mass is 1090 g/mol. The molecule has 1 fully saturated rings. The number of nitrogens with one attached hydrogen (secondary N) is 2. The topological polar surface area (TPSA) is 192 Å². The summed E-state index contributed by atoms with van der Waals surface area (Å²) in [5.74, 6) is -3.60. The highest BCUT2D eigenvalue weighted by Gasteiger charge is 2.55. The summed E-state index contributed by atoms with van der Waals surface area (Å²) in [5, 5.41) is 12.1. The molecule has 0 aliphatic carbocycles. The standard InChI is InChI=1S/C61H50N6O8S3/c62-49(68)39-76-48-38-77-58-52(57(71)67(58)53(48)59(72)75-55(42-26-12-3-13-27-42)43-28-14-4-15-29-43)64-56(70)51(66-73-36-50(69)74-54(40-22-8-1-9-23-40)41-24-10-2-11-25-41)47-37-78-60(63-47)65-61(44-30-16-5-17-31-44,45-32-18-6-19-33-45)46-34-20-7-21-35-46/h1-35,37,52,54-55,58H,36,38-39H2,(H2,62,68)(H,63,65)(H,64,70)/b66-51-/t52-,58+/m1/s1. The van der Waals surface area contributed by atoms with Crippen LogP contribution in [0, 0.1) is 0 Å². The number of fused-ring (bicyclic) bond motifs is 1. The van der Waals surface area contributed by atoms with Crippen molar-refractivity contribution in [3.63, 3.8) is 0 Å². The van der Waals surface area contributed by atoms with Gasteiger partial charge in [0.2, 0.25) is 12.5 Å². The van der Waals surface area contributed by atoms with E-state index in [0.29, 0.717) is 21.2 Å². The third-order valence-electron chi connectivity index (χ3n) is 12.9. The van der Waals surface area contributed by atoms with Crippen LogP contribution in [0.15, 0.2) is 233 Å². The number of rotatable bonds is 21. The molecule has 1 saturated heterocycles. The first-order valence-electron chi connectivity index (χ1n) is 24.8. The summed E-state index contributed by atoms with van der Waals surface area (Å²) in [6.45, 7) is -0.690. The number of thiazole rings is 1. The molecule has 0 bridgehead atoms. The number of carbonyl (C=O) groups excluding carboxylic acids is 5. The zero-order valence-corrected chi connectivity index (χ0v) is 44.1. The van der Waals surface area contributed by atoms with Crippen molar-refractivity contribution in [3.05, 3.63) is 273 Å². The minimum absolute atomic E-state index is 0.0497. The van der Waals surface area contributed by atoms with Crippen LogP contribution in [0.2, 0.25) is 0 Å². The fourth-order valence-corrected chi connectivity index (χ4v) is 12.4. The Labute approximate surface area is 462 Å². The van der Waals surface area contributed by atoms with Gasteiger partial charge < -0.3 is 30.7 Å². The molecule has 1 aromatic heterocycles. The molecule has 2 aliphatic heterocycles. The smallest absolute Gasteiger partial charge is 0.356 e. The number of ether oxygens (including phenoxy) is 2. The zero-order chi connectivity index (χ0) is 53.8. The molecular weight excluding hydrogens is 1040 g/mol. The van der Waals surface area contributed by atoms with Crippen molar-refractivity contribution in [1.29, 1.82) is 0 Å². The van der Waals surface area contributed by atoms with Crippen molar-refractivity contribution >= 4 is 75.4 Å². The quantitative estimate of drug-likeness (QED) is 0.0203. The van der Waals surface area contributed by atoms with Crippen LogP contribution in [0.5, 0.6) is 0 Å². The molecule has 2 aliphatic rings. The summed E-state index contributed by atoms with van der Waals surface area (Å²) in [6.07, 6.45) is -1.61. The van der Waals surface area contributed by atoms with Gasteiger partial charge in [-0.05, 0) is 38.9 Å². The van der Waals surface area contributed by atoms with Gasteiger partial charge >= 0.3 is 11.9 Å². The second-order valence-electron chi connectivity index (χ2n) is 17.9. The van der Waals surface area contributed by atoms with Gasteiger partial charge in [-0.2, -0.15) is 0 Å². The average Bonchev–Trinajstić information content (AvgIpc) is 4.10. The Hall–Kier alpha value is -8.77. The SMILES string of the molecule is NC(=O)CSC1=C(C(=O)OC(c2ccccc2)c2ccccc2)N2C(=O)[C@@H](NC(=O)/C(=N\OCC(=O)OC(c3ccccc3)c3ccccc3)c3csc(NC(c4ccccc4)(c4ccccc4)c4ccccc4)n3)[C@@H]2SC1. The summed E-state index contributed by atoms with van der Waals surface area (Å²) >= 11 is 3.56. The number of thioether (sulfide) groups is 2. The van der Waals surface area contributed by atoms with Crippen LogP contribution in [0.1, 0.15) is 56.8 Å². The number of amides is 3. The summed E-state index contributed by atoms with van der Waals surface area (Å²) in [5.41, 5.74) is 9.89. The van der Waals surface area contributed by atoms with E-state index in [9.17, 15) is 24.0 Å². The maximum absolute atomic E-state index is 14.8. The van der Waals surface area contributed by atoms with Gasteiger partial charge in [-0.3, -0.25) is 19.3 Å². The highest BCUT2D eigenvalue weighted by atomic mass is 32.2. The fourth-order valence-electron chi connectivity index (χ4n) is 9.29. The second-order valence-corrected chi connectivity index (χ2v) is 20.9. The van der Waals surface area contributed by atoms with Gasteiger partial charge in [0, 0.05) is 16.0 Å². The third kappa shape index (κ3) is 11.6. The molecule has 0 radical (unpaired) electrons. The number of anilines is 1. The Morgan fingerprint density at radius 1 is 0.667 bits per heavy atom. The van der Waals surface area contributed by atoms with Gasteiger partial charge in [0.1, 0.15) is 28.3 Å². The van der Waals surface area contributed by atoms with E-state index < -0.39 is 65.4 Å². The Balaban J connectivity index is 0.956. The van der Waals surface area contributed by atoms with E-state index in [2.05, 4.69) is 15.8 Å². The van der Waals surface area contributed by atoms with Crippen LogP contribution in [-0.2, 0) is 43.8 Å². The van der Waals surface area contributed by atoms with Crippen LogP contribution < -0.4 is 16.4 Å². The molecule has 390 valence electrons. The van der Waals surface area contributed by atoms with Crippen molar-refractivity contribution in [2.75, 3.05) is 23.4 Å². The maximum atomic E-state index is 14.8. The van der Waals surface area contributed by atoms with Crippen molar-refractivity contribution in [1.82, 2.24) is 15.2 Å². The van der Waals surface area contributed by atoms with Gasteiger partial charge in [0.15, 0.2) is 23.1 Å². The molecule has 0 saturated carbocycles. The normalized spacial score (nSPS) is 15.2. The molecule has 14 nitrogen and oxygen atoms in total. The van der Waals surface area contributed by atoms with Crippen LogP contribution in [0.4, 0.5) is 5.13 Å². The lowest BCUT2D eigenvalue weighted by Gasteiger charge is -2.49.